The summed E-state index contributed by atoms with van der Waals surface area (Å²) in [6.45, 7) is 0. The summed E-state index contributed by atoms with van der Waals surface area (Å²) in [5.74, 6) is 0. The normalized spacial score (nSPS) is 6.67. The van der Waals surface area contributed by atoms with E-state index in [1.165, 1.54) is 0 Å². The number of aromatic nitrogens is 3. The molecule has 32 valence electrons. The van der Waals surface area contributed by atoms with Crippen molar-refractivity contribution in [1.82, 2.24) is 15.4 Å². The molecular weight excluding hydrogens is 98.1 g/mol. The van der Waals surface area contributed by atoms with Gasteiger partial charge in [-0.15, -0.1) is 5.10 Å². The SMILES string of the molecule is [S].c1c[nH]nn1. The lowest BCUT2D eigenvalue weighted by atomic mass is 11.0. The van der Waals surface area contributed by atoms with Crippen LogP contribution >= 0.6 is 13.5 Å². The van der Waals surface area contributed by atoms with Crippen LogP contribution in [0.3, 0.4) is 0 Å². The van der Waals surface area contributed by atoms with Crippen LogP contribution in [-0.4, -0.2) is 15.4 Å². The number of nitrogens with zero attached hydrogens (tertiary/aromatic N) is 2. The summed E-state index contributed by atoms with van der Waals surface area (Å²) in [4.78, 5) is 0. The van der Waals surface area contributed by atoms with Crippen molar-refractivity contribution in [2.24, 2.45) is 0 Å². The summed E-state index contributed by atoms with van der Waals surface area (Å²) >= 11 is 0. The largest absolute Gasteiger partial charge is 0.266 e. The highest BCUT2D eigenvalue weighted by molar-refractivity contribution is 7.59. The lowest BCUT2D eigenvalue weighted by Gasteiger charge is -1.46. The molecule has 0 amide bonds. The zero-order valence-electron chi connectivity index (χ0n) is 2.96. The third kappa shape index (κ3) is 1.07. The summed E-state index contributed by atoms with van der Waals surface area (Å²) in [6, 6.07) is 0. The Labute approximate surface area is 42.2 Å². The molecule has 0 unspecified atom stereocenters. The lowest BCUT2D eigenvalue weighted by molar-refractivity contribution is 0.940. The molecule has 1 N–H and O–H groups in total. The average molecular weight is 101 g/mol. The molecule has 1 heterocycles. The smallest absolute Gasteiger partial charge is 0.0690 e. The molecule has 6 heavy (non-hydrogen) atoms. The van der Waals surface area contributed by atoms with E-state index in [0.29, 0.717) is 0 Å². The van der Waals surface area contributed by atoms with Crippen LogP contribution in [0.25, 0.3) is 0 Å². The molecule has 0 saturated heterocycles. The minimum atomic E-state index is 0. The van der Waals surface area contributed by atoms with Gasteiger partial charge >= 0.3 is 0 Å². The van der Waals surface area contributed by atoms with Gasteiger partial charge in [0.15, 0.2) is 0 Å². The van der Waals surface area contributed by atoms with E-state index in [1.54, 1.807) is 12.4 Å². The highest BCUT2D eigenvalue weighted by atomic mass is 32.1. The fraction of sp³-hybridized carbons (Fsp3) is 0. The Kier molecular flexibility index (Phi) is 2.48. The van der Waals surface area contributed by atoms with Crippen molar-refractivity contribution in [3.05, 3.63) is 12.4 Å². The molecule has 4 heteroatoms. The molecule has 0 fully saturated rings. The molecule has 1 aromatic heterocycles. The van der Waals surface area contributed by atoms with Gasteiger partial charge in [-0.1, -0.05) is 5.21 Å². The zero-order chi connectivity index (χ0) is 3.54. The molecule has 0 aliphatic rings. The van der Waals surface area contributed by atoms with Crippen LogP contribution in [0.4, 0.5) is 0 Å². The number of nitrogens with one attached hydrogen (secondary N) is 1. The van der Waals surface area contributed by atoms with E-state index in [2.05, 4.69) is 15.4 Å². The Morgan fingerprint density at radius 2 is 2.33 bits per heavy atom. The molecule has 3 nitrogen and oxygen atoms in total. The van der Waals surface area contributed by atoms with Crippen molar-refractivity contribution in [2.45, 2.75) is 0 Å². The summed E-state index contributed by atoms with van der Waals surface area (Å²) in [6.07, 6.45) is 3.24. The molecule has 0 saturated carbocycles. The van der Waals surface area contributed by atoms with Gasteiger partial charge in [-0.3, -0.25) is 5.10 Å². The fourth-order valence-corrected chi connectivity index (χ4v) is 0.167. The van der Waals surface area contributed by atoms with E-state index in [9.17, 15) is 0 Å². The summed E-state index contributed by atoms with van der Waals surface area (Å²) < 4.78 is 0. The van der Waals surface area contributed by atoms with Gasteiger partial charge < -0.3 is 0 Å². The second kappa shape index (κ2) is 2.71. The minimum Gasteiger partial charge on any atom is -0.266 e. The van der Waals surface area contributed by atoms with E-state index in [1.807, 2.05) is 0 Å². The van der Waals surface area contributed by atoms with Crippen molar-refractivity contribution in [3.8, 4) is 0 Å². The molecule has 0 spiro atoms. The maximum absolute atomic E-state index is 3.42. The van der Waals surface area contributed by atoms with Gasteiger partial charge in [-0.2, -0.15) is 0 Å². The Hall–Kier alpha value is -0.510. The first kappa shape index (κ1) is 5.49. The fourth-order valence-electron chi connectivity index (χ4n) is 0.167. The Bertz CT molecular complexity index is 65.3. The number of aromatic amines is 1. The topological polar surface area (TPSA) is 41.6 Å². The van der Waals surface area contributed by atoms with E-state index < -0.39 is 0 Å². The molecule has 0 atom stereocenters. The van der Waals surface area contributed by atoms with Crippen LogP contribution in [0.15, 0.2) is 12.4 Å². The highest BCUT2D eigenvalue weighted by Crippen LogP contribution is 1.55. The Balaban J connectivity index is 0.000000250. The molecule has 0 aliphatic carbocycles. The molecule has 1 aromatic rings. The number of rotatable bonds is 0. The minimum absolute atomic E-state index is 0. The summed E-state index contributed by atoms with van der Waals surface area (Å²) in [5.41, 5.74) is 0. The van der Waals surface area contributed by atoms with Crippen LogP contribution in [0.1, 0.15) is 0 Å². The summed E-state index contributed by atoms with van der Waals surface area (Å²) in [5, 5.41) is 9.26. The van der Waals surface area contributed by atoms with Crippen LogP contribution in [0.5, 0.6) is 0 Å². The first-order chi connectivity index (χ1) is 2.50. The van der Waals surface area contributed by atoms with Crippen molar-refractivity contribution in [2.75, 3.05) is 0 Å². The van der Waals surface area contributed by atoms with Crippen LogP contribution in [0.2, 0.25) is 0 Å². The second-order valence-corrected chi connectivity index (χ2v) is 0.660. The maximum atomic E-state index is 3.42. The first-order valence-corrected chi connectivity index (χ1v) is 1.30. The predicted molar refractivity (Wildman–Crippen MR) is 24.0 cm³/mol. The predicted octanol–water partition coefficient (Wildman–Crippen LogP) is 0.453. The van der Waals surface area contributed by atoms with Gasteiger partial charge in [0, 0.05) is 19.7 Å². The first-order valence-electron chi connectivity index (χ1n) is 1.30. The third-order valence-electron chi connectivity index (χ3n) is 0.331. The average Bonchev–Trinajstić information content (AvgIpc) is 1.76. The van der Waals surface area contributed by atoms with Gasteiger partial charge in [0.25, 0.3) is 0 Å². The number of H-pyrrole nitrogens is 1. The molecule has 0 aliphatic heterocycles. The monoisotopic (exact) mass is 101 g/mol. The van der Waals surface area contributed by atoms with Crippen LogP contribution in [-0.2, 0) is 0 Å². The van der Waals surface area contributed by atoms with Gasteiger partial charge in [-0.05, 0) is 0 Å². The van der Waals surface area contributed by atoms with E-state index in [0.717, 1.165) is 0 Å². The molecule has 0 aromatic carbocycles. The zero-order valence-corrected chi connectivity index (χ0v) is 3.77. The molecular formula is C2H3N3S. The van der Waals surface area contributed by atoms with Crippen molar-refractivity contribution >= 4 is 13.5 Å². The van der Waals surface area contributed by atoms with Crippen molar-refractivity contribution in [1.29, 1.82) is 0 Å². The van der Waals surface area contributed by atoms with Gasteiger partial charge in [0.1, 0.15) is 0 Å². The quantitative estimate of drug-likeness (QED) is 0.515. The van der Waals surface area contributed by atoms with Gasteiger partial charge in [-0.25, -0.2) is 0 Å². The maximum Gasteiger partial charge on any atom is 0.0690 e. The van der Waals surface area contributed by atoms with E-state index >= 15 is 0 Å². The second-order valence-electron chi connectivity index (χ2n) is 0.660. The lowest BCUT2D eigenvalue weighted by Crippen LogP contribution is -1.61. The standard InChI is InChI=1S/C2H3N3.S/c1-2-4-5-3-1;/h1-2H,(H,3,4,5);. The Morgan fingerprint density at radius 3 is 2.50 bits per heavy atom. The molecule has 0 bridgehead atoms. The van der Waals surface area contributed by atoms with Gasteiger partial charge in [0.05, 0.1) is 6.20 Å². The van der Waals surface area contributed by atoms with Crippen LogP contribution in [0, 0.1) is 0 Å². The highest BCUT2D eigenvalue weighted by Gasteiger charge is 1.57. The molecule has 2 radical (unpaired) electrons. The van der Waals surface area contributed by atoms with Crippen molar-refractivity contribution in [3.63, 3.8) is 0 Å². The summed E-state index contributed by atoms with van der Waals surface area (Å²) in [7, 11) is 0. The number of hydrogen-bond donors (Lipinski definition) is 1. The van der Waals surface area contributed by atoms with Crippen LogP contribution < -0.4 is 0 Å². The van der Waals surface area contributed by atoms with Crippen molar-refractivity contribution < 1.29 is 0 Å². The molecule has 1 rings (SSSR count). The Morgan fingerprint density at radius 1 is 1.50 bits per heavy atom. The number of hydrogen-bond acceptors (Lipinski definition) is 2. The van der Waals surface area contributed by atoms with E-state index in [-0.39, 0.29) is 13.5 Å². The van der Waals surface area contributed by atoms with E-state index in [4.69, 9.17) is 0 Å². The van der Waals surface area contributed by atoms with Gasteiger partial charge in [0.2, 0.25) is 0 Å². The third-order valence-corrected chi connectivity index (χ3v) is 0.331.